The van der Waals surface area contributed by atoms with Crippen LogP contribution in [0.25, 0.3) is 0 Å². The van der Waals surface area contributed by atoms with Crippen molar-refractivity contribution < 1.29 is 14.7 Å². The molecule has 0 aliphatic carbocycles. The molecule has 0 unspecified atom stereocenters. The van der Waals surface area contributed by atoms with Crippen molar-refractivity contribution >= 4 is 17.6 Å². The number of hydrazone groups is 1. The third-order valence-electron chi connectivity index (χ3n) is 1.57. The molecule has 1 amide bonds. The summed E-state index contributed by atoms with van der Waals surface area (Å²) in [5, 5.41) is 13.2. The minimum Gasteiger partial charge on any atom is -0.480 e. The Morgan fingerprint density at radius 1 is 1.67 bits per heavy atom. The molecule has 1 N–H and O–H groups in total. The Hall–Kier alpha value is -1.39. The number of amides is 1. The van der Waals surface area contributed by atoms with Crippen molar-refractivity contribution in [3.8, 4) is 0 Å². The molecule has 5 heteroatoms. The van der Waals surface area contributed by atoms with Gasteiger partial charge >= 0.3 is 5.97 Å². The van der Waals surface area contributed by atoms with Crippen LogP contribution in [-0.4, -0.2) is 34.2 Å². The van der Waals surface area contributed by atoms with Crippen molar-refractivity contribution in [3.63, 3.8) is 0 Å². The number of rotatable bonds is 2. The van der Waals surface area contributed by atoms with E-state index >= 15 is 0 Å². The molecule has 0 atom stereocenters. The SMILES string of the molecule is CC1=NN(CC(=O)O)C(=O)CC1. The van der Waals surface area contributed by atoms with Crippen LogP contribution in [0.5, 0.6) is 0 Å². The topological polar surface area (TPSA) is 70.0 Å². The predicted molar refractivity (Wildman–Crippen MR) is 41.7 cm³/mol. The average molecular weight is 170 g/mol. The van der Waals surface area contributed by atoms with Gasteiger partial charge in [-0.3, -0.25) is 9.59 Å². The molecule has 0 fully saturated rings. The zero-order valence-corrected chi connectivity index (χ0v) is 6.78. The summed E-state index contributed by atoms with van der Waals surface area (Å²) >= 11 is 0. The first-order valence-corrected chi connectivity index (χ1v) is 3.66. The molecular weight excluding hydrogens is 160 g/mol. The summed E-state index contributed by atoms with van der Waals surface area (Å²) in [5.74, 6) is -1.26. The van der Waals surface area contributed by atoms with E-state index in [0.29, 0.717) is 12.8 Å². The van der Waals surface area contributed by atoms with E-state index in [-0.39, 0.29) is 12.5 Å². The molecule has 1 aliphatic heterocycles. The maximum absolute atomic E-state index is 11.0. The van der Waals surface area contributed by atoms with Crippen molar-refractivity contribution in [3.05, 3.63) is 0 Å². The Bertz CT molecular complexity index is 247. The van der Waals surface area contributed by atoms with E-state index in [1.54, 1.807) is 6.92 Å². The van der Waals surface area contributed by atoms with Crippen LogP contribution in [0.4, 0.5) is 0 Å². The average Bonchev–Trinajstić information content (AvgIpc) is 1.96. The van der Waals surface area contributed by atoms with Gasteiger partial charge in [-0.25, -0.2) is 5.01 Å². The molecular formula is C7H10N2O3. The first kappa shape index (κ1) is 8.70. The van der Waals surface area contributed by atoms with Gasteiger partial charge in [0.25, 0.3) is 0 Å². The molecule has 0 bridgehead atoms. The Labute approximate surface area is 69.7 Å². The third kappa shape index (κ3) is 2.05. The number of carboxylic acids is 1. The summed E-state index contributed by atoms with van der Waals surface area (Å²) in [7, 11) is 0. The van der Waals surface area contributed by atoms with E-state index in [4.69, 9.17) is 5.11 Å². The fourth-order valence-corrected chi connectivity index (χ4v) is 0.980. The van der Waals surface area contributed by atoms with Crippen LogP contribution in [0.3, 0.4) is 0 Å². The van der Waals surface area contributed by atoms with Gasteiger partial charge in [0.2, 0.25) is 5.91 Å². The van der Waals surface area contributed by atoms with Gasteiger partial charge < -0.3 is 5.11 Å². The highest BCUT2D eigenvalue weighted by Gasteiger charge is 2.20. The zero-order chi connectivity index (χ0) is 9.14. The number of carbonyl (C=O) groups is 2. The van der Waals surface area contributed by atoms with Crippen molar-refractivity contribution in [1.82, 2.24) is 5.01 Å². The van der Waals surface area contributed by atoms with Gasteiger partial charge in [-0.2, -0.15) is 5.10 Å². The first-order valence-electron chi connectivity index (χ1n) is 3.66. The van der Waals surface area contributed by atoms with Gasteiger partial charge in [0.05, 0.1) is 0 Å². The maximum Gasteiger partial charge on any atom is 0.325 e. The summed E-state index contributed by atoms with van der Waals surface area (Å²) in [6.45, 7) is 1.44. The Morgan fingerprint density at radius 3 is 2.92 bits per heavy atom. The second kappa shape index (κ2) is 3.34. The quantitative estimate of drug-likeness (QED) is 0.637. The van der Waals surface area contributed by atoms with Crippen LogP contribution < -0.4 is 0 Å². The van der Waals surface area contributed by atoms with Crippen LogP contribution in [0, 0.1) is 0 Å². The van der Waals surface area contributed by atoms with Crippen LogP contribution in [0.1, 0.15) is 19.8 Å². The summed E-state index contributed by atoms with van der Waals surface area (Å²) in [4.78, 5) is 21.3. The van der Waals surface area contributed by atoms with Crippen molar-refractivity contribution in [2.75, 3.05) is 6.54 Å². The number of nitrogens with zero attached hydrogens (tertiary/aromatic N) is 2. The summed E-state index contributed by atoms with van der Waals surface area (Å²) in [6, 6.07) is 0. The Kier molecular flexibility index (Phi) is 2.42. The minimum absolute atomic E-state index is 0.219. The lowest BCUT2D eigenvalue weighted by atomic mass is 10.2. The number of carbonyl (C=O) groups excluding carboxylic acids is 1. The van der Waals surface area contributed by atoms with Crippen molar-refractivity contribution in [2.24, 2.45) is 5.10 Å². The second-order valence-electron chi connectivity index (χ2n) is 2.68. The molecule has 0 saturated carbocycles. The lowest BCUT2D eigenvalue weighted by molar-refractivity contribution is -0.144. The van der Waals surface area contributed by atoms with Gasteiger partial charge in [0.1, 0.15) is 6.54 Å². The largest absolute Gasteiger partial charge is 0.480 e. The number of hydrogen-bond acceptors (Lipinski definition) is 3. The van der Waals surface area contributed by atoms with Crippen molar-refractivity contribution in [1.29, 1.82) is 0 Å². The smallest absolute Gasteiger partial charge is 0.325 e. The molecule has 0 aromatic heterocycles. The molecule has 66 valence electrons. The van der Waals surface area contributed by atoms with Crippen LogP contribution in [0.2, 0.25) is 0 Å². The van der Waals surface area contributed by atoms with E-state index in [0.717, 1.165) is 10.7 Å². The lowest BCUT2D eigenvalue weighted by Crippen LogP contribution is -2.34. The second-order valence-corrected chi connectivity index (χ2v) is 2.68. The maximum atomic E-state index is 11.0. The van der Waals surface area contributed by atoms with Gasteiger partial charge in [-0.15, -0.1) is 0 Å². The van der Waals surface area contributed by atoms with Gasteiger partial charge in [-0.05, 0) is 13.3 Å². The third-order valence-corrected chi connectivity index (χ3v) is 1.57. The van der Waals surface area contributed by atoms with E-state index < -0.39 is 5.97 Å². The Balaban J connectivity index is 2.66. The highest BCUT2D eigenvalue weighted by molar-refractivity contribution is 5.92. The number of hydrogen-bond donors (Lipinski definition) is 1. The van der Waals surface area contributed by atoms with E-state index in [9.17, 15) is 9.59 Å². The number of carboxylic acid groups (broad SMARTS) is 1. The molecule has 0 saturated heterocycles. The van der Waals surface area contributed by atoms with E-state index in [1.807, 2.05) is 0 Å². The van der Waals surface area contributed by atoms with Crippen molar-refractivity contribution in [2.45, 2.75) is 19.8 Å². The number of aliphatic carboxylic acids is 1. The zero-order valence-electron chi connectivity index (χ0n) is 6.78. The monoisotopic (exact) mass is 170 g/mol. The molecule has 1 aliphatic rings. The Morgan fingerprint density at radius 2 is 2.33 bits per heavy atom. The van der Waals surface area contributed by atoms with E-state index in [2.05, 4.69) is 5.10 Å². The predicted octanol–water partition coefficient (Wildman–Crippen LogP) is 0.0693. The lowest BCUT2D eigenvalue weighted by Gasteiger charge is -2.19. The standard InChI is InChI=1S/C7H10N2O3/c1-5-2-3-6(10)9(8-5)4-7(11)12/h2-4H2,1H3,(H,11,12). The van der Waals surface area contributed by atoms with Crippen LogP contribution in [0.15, 0.2) is 5.10 Å². The molecule has 5 nitrogen and oxygen atoms in total. The molecule has 1 rings (SSSR count). The highest BCUT2D eigenvalue weighted by atomic mass is 16.4. The summed E-state index contributed by atoms with van der Waals surface area (Å²) < 4.78 is 0. The molecule has 0 aromatic rings. The first-order chi connectivity index (χ1) is 5.59. The molecule has 0 aromatic carbocycles. The molecule has 12 heavy (non-hydrogen) atoms. The summed E-state index contributed by atoms with van der Waals surface area (Å²) in [6.07, 6.45) is 0.998. The fraction of sp³-hybridized carbons (Fsp3) is 0.571. The van der Waals surface area contributed by atoms with E-state index in [1.165, 1.54) is 0 Å². The van der Waals surface area contributed by atoms with Gasteiger partial charge in [0.15, 0.2) is 0 Å². The van der Waals surface area contributed by atoms with Gasteiger partial charge in [-0.1, -0.05) is 0 Å². The van der Waals surface area contributed by atoms with Crippen LogP contribution in [-0.2, 0) is 9.59 Å². The molecule has 0 spiro atoms. The minimum atomic E-state index is -1.04. The van der Waals surface area contributed by atoms with Crippen LogP contribution >= 0.6 is 0 Å². The molecule has 0 radical (unpaired) electrons. The summed E-state index contributed by atoms with van der Waals surface area (Å²) in [5.41, 5.74) is 0.802. The van der Waals surface area contributed by atoms with Gasteiger partial charge in [0, 0.05) is 12.1 Å². The highest BCUT2D eigenvalue weighted by Crippen LogP contribution is 2.07. The fourth-order valence-electron chi connectivity index (χ4n) is 0.980. The normalized spacial score (nSPS) is 17.6. The molecule has 1 heterocycles.